The van der Waals surface area contributed by atoms with Gasteiger partial charge in [-0.25, -0.2) is 4.98 Å². The summed E-state index contributed by atoms with van der Waals surface area (Å²) in [5.74, 6) is -0.500. The fourth-order valence-corrected chi connectivity index (χ4v) is 2.38. The van der Waals surface area contributed by atoms with Crippen LogP contribution >= 0.6 is 27.5 Å². The lowest BCUT2D eigenvalue weighted by Crippen LogP contribution is -2.13. The van der Waals surface area contributed by atoms with E-state index in [1.807, 2.05) is 0 Å². The van der Waals surface area contributed by atoms with E-state index < -0.39 is 17.8 Å². The van der Waals surface area contributed by atoms with Gasteiger partial charge in [-0.1, -0.05) is 27.5 Å². The highest BCUT2D eigenvalue weighted by molar-refractivity contribution is 9.10. The van der Waals surface area contributed by atoms with Crippen LogP contribution in [0, 0.1) is 0 Å². The summed E-state index contributed by atoms with van der Waals surface area (Å²) in [5.41, 5.74) is -0.593. The fourth-order valence-electron chi connectivity index (χ4n) is 1.52. The molecule has 0 fully saturated rings. The van der Waals surface area contributed by atoms with Crippen LogP contribution in [0.2, 0.25) is 5.02 Å². The first-order valence-electron chi connectivity index (χ1n) is 5.56. The number of halogens is 5. The van der Waals surface area contributed by atoms with Crippen molar-refractivity contribution in [1.29, 1.82) is 0 Å². The van der Waals surface area contributed by atoms with Gasteiger partial charge in [0, 0.05) is 15.1 Å². The van der Waals surface area contributed by atoms with Crippen molar-refractivity contribution in [2.24, 2.45) is 0 Å². The van der Waals surface area contributed by atoms with E-state index in [1.54, 1.807) is 12.1 Å². The molecule has 1 N–H and O–H groups in total. The minimum Gasteiger partial charge on any atom is -0.321 e. The molecule has 0 aliphatic heterocycles. The number of carbonyl (C=O) groups is 1. The summed E-state index contributed by atoms with van der Waals surface area (Å²) in [6.07, 6.45) is -3.57. The first-order chi connectivity index (χ1) is 9.75. The molecule has 0 bridgehead atoms. The molecule has 0 atom stereocenters. The summed E-state index contributed by atoms with van der Waals surface area (Å²) in [7, 11) is 0. The third kappa shape index (κ3) is 4.18. The Morgan fingerprint density at radius 1 is 1.24 bits per heavy atom. The SMILES string of the molecule is O=C(Nc1ccc(C(F)(F)F)nc1)c1cc(Cl)cc(Br)c1. The zero-order chi connectivity index (χ0) is 15.6. The van der Waals surface area contributed by atoms with Gasteiger partial charge in [0.05, 0.1) is 11.9 Å². The van der Waals surface area contributed by atoms with Crippen LogP contribution in [0.4, 0.5) is 18.9 Å². The van der Waals surface area contributed by atoms with Crippen molar-refractivity contribution in [2.45, 2.75) is 6.18 Å². The van der Waals surface area contributed by atoms with Gasteiger partial charge in [-0.05, 0) is 30.3 Å². The van der Waals surface area contributed by atoms with Crippen molar-refractivity contribution in [2.75, 3.05) is 5.32 Å². The normalized spacial score (nSPS) is 11.3. The average molecular weight is 380 g/mol. The summed E-state index contributed by atoms with van der Waals surface area (Å²) in [5, 5.41) is 2.80. The van der Waals surface area contributed by atoms with Crippen molar-refractivity contribution in [3.63, 3.8) is 0 Å². The molecule has 110 valence electrons. The molecule has 2 aromatic rings. The highest BCUT2D eigenvalue weighted by Gasteiger charge is 2.32. The van der Waals surface area contributed by atoms with Crippen LogP contribution in [0.25, 0.3) is 0 Å². The maximum atomic E-state index is 12.4. The minimum atomic E-state index is -4.51. The zero-order valence-electron chi connectivity index (χ0n) is 10.2. The maximum Gasteiger partial charge on any atom is 0.433 e. The third-order valence-electron chi connectivity index (χ3n) is 2.44. The largest absolute Gasteiger partial charge is 0.433 e. The lowest BCUT2D eigenvalue weighted by atomic mass is 10.2. The maximum absolute atomic E-state index is 12.4. The molecule has 8 heteroatoms. The van der Waals surface area contributed by atoms with E-state index in [-0.39, 0.29) is 11.3 Å². The second kappa shape index (κ2) is 6.03. The Labute approximate surface area is 131 Å². The predicted octanol–water partition coefficient (Wildman–Crippen LogP) is 4.77. The molecule has 0 radical (unpaired) electrons. The highest BCUT2D eigenvalue weighted by Crippen LogP contribution is 2.28. The van der Waals surface area contributed by atoms with Crippen LogP contribution < -0.4 is 5.32 Å². The number of amides is 1. The standard InChI is InChI=1S/C13H7BrClF3N2O/c14-8-3-7(4-9(15)5-8)12(21)20-10-1-2-11(19-6-10)13(16,17)18/h1-6H,(H,20,21). The number of hydrogen-bond acceptors (Lipinski definition) is 2. The molecule has 0 saturated carbocycles. The number of aromatic nitrogens is 1. The molecule has 0 spiro atoms. The predicted molar refractivity (Wildman–Crippen MR) is 76.3 cm³/mol. The van der Waals surface area contributed by atoms with E-state index in [0.29, 0.717) is 9.50 Å². The van der Waals surface area contributed by atoms with Crippen LogP contribution in [0.5, 0.6) is 0 Å². The monoisotopic (exact) mass is 378 g/mol. The van der Waals surface area contributed by atoms with Gasteiger partial charge in [0.15, 0.2) is 0 Å². The summed E-state index contributed by atoms with van der Waals surface area (Å²) in [6.45, 7) is 0. The molecule has 0 saturated heterocycles. The van der Waals surface area contributed by atoms with Gasteiger partial charge in [-0.3, -0.25) is 4.79 Å². The molecule has 0 aliphatic rings. The molecule has 21 heavy (non-hydrogen) atoms. The molecule has 0 unspecified atom stereocenters. The summed E-state index contributed by atoms with van der Waals surface area (Å²) < 4.78 is 37.7. The fraction of sp³-hybridized carbons (Fsp3) is 0.0769. The Hall–Kier alpha value is -1.60. The van der Waals surface area contributed by atoms with Gasteiger partial charge in [-0.15, -0.1) is 0 Å². The van der Waals surface area contributed by atoms with Crippen LogP contribution in [0.15, 0.2) is 41.0 Å². The van der Waals surface area contributed by atoms with E-state index in [0.717, 1.165) is 18.3 Å². The third-order valence-corrected chi connectivity index (χ3v) is 3.11. The Bertz CT molecular complexity index is 654. The van der Waals surface area contributed by atoms with Gasteiger partial charge < -0.3 is 5.32 Å². The Kier molecular flexibility index (Phi) is 4.53. The van der Waals surface area contributed by atoms with Gasteiger partial charge in [0.25, 0.3) is 5.91 Å². The van der Waals surface area contributed by atoms with E-state index in [4.69, 9.17) is 11.6 Å². The number of nitrogens with zero attached hydrogens (tertiary/aromatic N) is 1. The molecule has 0 aliphatic carbocycles. The number of nitrogens with one attached hydrogen (secondary N) is 1. The van der Waals surface area contributed by atoms with Gasteiger partial charge in [0.1, 0.15) is 5.69 Å². The van der Waals surface area contributed by atoms with Crippen LogP contribution in [-0.2, 0) is 6.18 Å². The number of benzene rings is 1. The topological polar surface area (TPSA) is 42.0 Å². The Morgan fingerprint density at radius 2 is 1.95 bits per heavy atom. The molecule has 1 aromatic carbocycles. The summed E-state index contributed by atoms with van der Waals surface area (Å²) >= 11 is 9.02. The first-order valence-corrected chi connectivity index (χ1v) is 6.73. The molecule has 1 heterocycles. The number of anilines is 1. The molecule has 1 amide bonds. The van der Waals surface area contributed by atoms with E-state index in [9.17, 15) is 18.0 Å². The van der Waals surface area contributed by atoms with Gasteiger partial charge in [0.2, 0.25) is 0 Å². The average Bonchev–Trinajstić information content (AvgIpc) is 2.37. The van der Waals surface area contributed by atoms with Crippen LogP contribution in [0.3, 0.4) is 0 Å². The number of carbonyl (C=O) groups excluding carboxylic acids is 1. The number of pyridine rings is 1. The number of alkyl halides is 3. The zero-order valence-corrected chi connectivity index (χ0v) is 12.6. The van der Waals surface area contributed by atoms with Crippen molar-refractivity contribution in [1.82, 2.24) is 4.98 Å². The van der Waals surface area contributed by atoms with E-state index in [1.165, 1.54) is 6.07 Å². The second-order valence-electron chi connectivity index (χ2n) is 4.04. The Balaban J connectivity index is 2.16. The Morgan fingerprint density at radius 3 is 2.48 bits per heavy atom. The summed E-state index contributed by atoms with van der Waals surface area (Å²) in [6, 6.07) is 6.52. The quantitative estimate of drug-likeness (QED) is 0.817. The van der Waals surface area contributed by atoms with Gasteiger partial charge in [-0.2, -0.15) is 13.2 Å². The molecular formula is C13H7BrClF3N2O. The number of hydrogen-bond donors (Lipinski definition) is 1. The van der Waals surface area contributed by atoms with E-state index >= 15 is 0 Å². The van der Waals surface area contributed by atoms with Crippen molar-refractivity contribution < 1.29 is 18.0 Å². The van der Waals surface area contributed by atoms with Crippen molar-refractivity contribution in [3.05, 3.63) is 57.3 Å². The second-order valence-corrected chi connectivity index (χ2v) is 5.39. The van der Waals surface area contributed by atoms with Crippen molar-refractivity contribution in [3.8, 4) is 0 Å². The van der Waals surface area contributed by atoms with Crippen LogP contribution in [-0.4, -0.2) is 10.9 Å². The lowest BCUT2D eigenvalue weighted by molar-refractivity contribution is -0.141. The van der Waals surface area contributed by atoms with E-state index in [2.05, 4.69) is 26.2 Å². The number of rotatable bonds is 2. The molecule has 2 rings (SSSR count). The van der Waals surface area contributed by atoms with Crippen LogP contribution in [0.1, 0.15) is 16.1 Å². The first kappa shape index (κ1) is 15.8. The minimum absolute atomic E-state index is 0.157. The van der Waals surface area contributed by atoms with Gasteiger partial charge >= 0.3 is 6.18 Å². The molecule has 1 aromatic heterocycles. The summed E-state index contributed by atoms with van der Waals surface area (Å²) in [4.78, 5) is 15.2. The van der Waals surface area contributed by atoms with Crippen molar-refractivity contribution >= 4 is 39.1 Å². The lowest BCUT2D eigenvalue weighted by Gasteiger charge is -2.08. The molecule has 3 nitrogen and oxygen atoms in total. The highest BCUT2D eigenvalue weighted by atomic mass is 79.9. The smallest absolute Gasteiger partial charge is 0.321 e. The molecular weight excluding hydrogens is 373 g/mol.